The fourth-order valence-corrected chi connectivity index (χ4v) is 4.06. The van der Waals surface area contributed by atoms with E-state index in [9.17, 15) is 18.8 Å². The molecule has 0 radical (unpaired) electrons. The number of thioether (sulfide) groups is 1. The number of benzene rings is 2. The van der Waals surface area contributed by atoms with Crippen LogP contribution in [0.5, 0.6) is 5.75 Å². The number of amides is 3. The first kappa shape index (κ1) is 23.1. The molecule has 162 valence electrons. The fourth-order valence-electron chi connectivity index (χ4n) is 2.84. The van der Waals surface area contributed by atoms with Crippen LogP contribution in [0.1, 0.15) is 11.1 Å². The summed E-state index contributed by atoms with van der Waals surface area (Å²) in [6.45, 7) is 0.0781. The second kappa shape index (κ2) is 10.2. The van der Waals surface area contributed by atoms with E-state index in [4.69, 9.17) is 27.9 Å². The Morgan fingerprint density at radius 2 is 2.03 bits per heavy atom. The Bertz CT molecular complexity index is 1080. The molecule has 3 amide bonds. The number of nitrogens with one attached hydrogen (secondary N) is 1. The van der Waals surface area contributed by atoms with Gasteiger partial charge in [0.2, 0.25) is 5.91 Å². The largest absolute Gasteiger partial charge is 0.494 e. The summed E-state index contributed by atoms with van der Waals surface area (Å²) >= 11 is 12.9. The van der Waals surface area contributed by atoms with Gasteiger partial charge < -0.3 is 10.1 Å². The molecule has 31 heavy (non-hydrogen) atoms. The summed E-state index contributed by atoms with van der Waals surface area (Å²) in [6, 6.07) is 9.25. The van der Waals surface area contributed by atoms with E-state index >= 15 is 0 Å². The number of rotatable bonds is 7. The van der Waals surface area contributed by atoms with Crippen LogP contribution in [0.15, 0.2) is 41.3 Å². The first-order valence-corrected chi connectivity index (χ1v) is 10.7. The summed E-state index contributed by atoms with van der Waals surface area (Å²) in [5.41, 5.74) is 1.00. The molecule has 2 aromatic carbocycles. The molecule has 0 unspecified atom stereocenters. The molecule has 3 rings (SSSR count). The number of halogens is 3. The number of ether oxygens (including phenoxy) is 1. The third-order valence-corrected chi connectivity index (χ3v) is 6.12. The van der Waals surface area contributed by atoms with Gasteiger partial charge in [0.15, 0.2) is 11.6 Å². The van der Waals surface area contributed by atoms with Crippen LogP contribution in [-0.2, 0) is 16.0 Å². The molecule has 6 nitrogen and oxygen atoms in total. The molecule has 1 heterocycles. The molecule has 1 saturated heterocycles. The van der Waals surface area contributed by atoms with Crippen LogP contribution in [0.25, 0.3) is 6.08 Å². The zero-order valence-electron chi connectivity index (χ0n) is 16.3. The fraction of sp³-hybridized carbons (Fsp3) is 0.190. The van der Waals surface area contributed by atoms with E-state index in [2.05, 4.69) is 5.32 Å². The molecule has 0 atom stereocenters. The molecule has 2 aromatic rings. The predicted molar refractivity (Wildman–Crippen MR) is 119 cm³/mol. The standard InChI is InChI=1S/C21H17Cl2FN2O4S/c1-30-16-6-5-12(9-15(16)24)10-18(27)25-7-8-26-20(28)17(31-21(26)29)11-13-3-2-4-14(22)19(13)23/h2-6,9,11H,7-8,10H2,1H3,(H,25,27)/b17-11-. The van der Waals surface area contributed by atoms with Gasteiger partial charge in [-0.1, -0.05) is 41.4 Å². The molecule has 1 aliphatic rings. The number of nitrogens with zero attached hydrogens (tertiary/aromatic N) is 1. The number of hydrogen-bond acceptors (Lipinski definition) is 5. The maximum absolute atomic E-state index is 13.7. The molecule has 10 heteroatoms. The van der Waals surface area contributed by atoms with E-state index < -0.39 is 17.0 Å². The Morgan fingerprint density at radius 1 is 1.26 bits per heavy atom. The van der Waals surface area contributed by atoms with Crippen molar-refractivity contribution in [3.63, 3.8) is 0 Å². The zero-order chi connectivity index (χ0) is 22.5. The highest BCUT2D eigenvalue weighted by Crippen LogP contribution is 2.34. The lowest BCUT2D eigenvalue weighted by atomic mass is 10.1. The summed E-state index contributed by atoms with van der Waals surface area (Å²) in [5.74, 6) is -1.30. The van der Waals surface area contributed by atoms with E-state index in [1.54, 1.807) is 24.3 Å². The van der Waals surface area contributed by atoms with Crippen molar-refractivity contribution < 1.29 is 23.5 Å². The second-order valence-electron chi connectivity index (χ2n) is 6.47. The number of methoxy groups -OCH3 is 1. The first-order valence-electron chi connectivity index (χ1n) is 9.08. The summed E-state index contributed by atoms with van der Waals surface area (Å²) in [5, 5.41) is 2.81. The van der Waals surface area contributed by atoms with Gasteiger partial charge in [0.05, 0.1) is 28.5 Å². The number of carbonyl (C=O) groups excluding carboxylic acids is 3. The highest BCUT2D eigenvalue weighted by molar-refractivity contribution is 8.18. The molecule has 1 fully saturated rings. The van der Waals surface area contributed by atoms with Gasteiger partial charge in [-0.25, -0.2) is 4.39 Å². The van der Waals surface area contributed by atoms with Crippen LogP contribution in [0.3, 0.4) is 0 Å². The molecule has 0 aromatic heterocycles. The number of carbonyl (C=O) groups is 3. The normalized spacial score (nSPS) is 15.0. The van der Waals surface area contributed by atoms with Crippen molar-refractivity contribution in [3.05, 3.63) is 68.3 Å². The Morgan fingerprint density at radius 3 is 2.74 bits per heavy atom. The van der Waals surface area contributed by atoms with E-state index in [0.717, 1.165) is 16.7 Å². The van der Waals surface area contributed by atoms with Crippen molar-refractivity contribution in [3.8, 4) is 5.75 Å². The third kappa shape index (κ3) is 5.58. The van der Waals surface area contributed by atoms with E-state index in [1.807, 2.05) is 0 Å². The smallest absolute Gasteiger partial charge is 0.293 e. The summed E-state index contributed by atoms with van der Waals surface area (Å²) in [4.78, 5) is 38.1. The highest BCUT2D eigenvalue weighted by Gasteiger charge is 2.34. The Kier molecular flexibility index (Phi) is 7.59. The lowest BCUT2D eigenvalue weighted by Gasteiger charge is -2.13. The van der Waals surface area contributed by atoms with Gasteiger partial charge in [-0.3, -0.25) is 19.3 Å². The van der Waals surface area contributed by atoms with E-state index in [0.29, 0.717) is 16.1 Å². The van der Waals surface area contributed by atoms with Crippen molar-refractivity contribution in [1.29, 1.82) is 0 Å². The zero-order valence-corrected chi connectivity index (χ0v) is 18.6. The van der Waals surface area contributed by atoms with E-state index in [-0.39, 0.29) is 41.1 Å². The SMILES string of the molecule is COc1ccc(CC(=O)NCCN2C(=O)S/C(=C\c3cccc(Cl)c3Cl)C2=O)cc1F. The van der Waals surface area contributed by atoms with Crippen LogP contribution < -0.4 is 10.1 Å². The maximum atomic E-state index is 13.7. The van der Waals surface area contributed by atoms with Crippen molar-refractivity contribution in [2.45, 2.75) is 6.42 Å². The Balaban J connectivity index is 1.56. The minimum absolute atomic E-state index is 0.00793. The van der Waals surface area contributed by atoms with Gasteiger partial charge in [0.25, 0.3) is 11.1 Å². The summed E-state index contributed by atoms with van der Waals surface area (Å²) in [7, 11) is 1.36. The van der Waals surface area contributed by atoms with Gasteiger partial charge >= 0.3 is 0 Å². The van der Waals surface area contributed by atoms with Gasteiger partial charge in [-0.2, -0.15) is 0 Å². The van der Waals surface area contributed by atoms with Gasteiger partial charge in [0.1, 0.15) is 0 Å². The molecular weight excluding hydrogens is 466 g/mol. The number of hydrogen-bond donors (Lipinski definition) is 1. The highest BCUT2D eigenvalue weighted by atomic mass is 35.5. The predicted octanol–water partition coefficient (Wildman–Crippen LogP) is 4.54. The average Bonchev–Trinajstić information content (AvgIpc) is 2.99. The topological polar surface area (TPSA) is 75.7 Å². The van der Waals surface area contributed by atoms with Gasteiger partial charge in [-0.15, -0.1) is 0 Å². The molecule has 0 spiro atoms. The summed E-state index contributed by atoms with van der Waals surface area (Å²) < 4.78 is 18.6. The molecule has 1 aliphatic heterocycles. The van der Waals surface area contributed by atoms with Crippen LogP contribution in [0.2, 0.25) is 10.0 Å². The lowest BCUT2D eigenvalue weighted by Crippen LogP contribution is -2.37. The lowest BCUT2D eigenvalue weighted by molar-refractivity contribution is -0.124. The van der Waals surface area contributed by atoms with Crippen LogP contribution in [-0.4, -0.2) is 42.2 Å². The van der Waals surface area contributed by atoms with Gasteiger partial charge in [0, 0.05) is 13.1 Å². The Hall–Kier alpha value is -2.55. The third-order valence-electron chi connectivity index (χ3n) is 4.38. The Labute approximate surface area is 192 Å². The molecule has 1 N–H and O–H groups in total. The van der Waals surface area contributed by atoms with Crippen LogP contribution in [0.4, 0.5) is 9.18 Å². The van der Waals surface area contributed by atoms with Crippen molar-refractivity contribution in [1.82, 2.24) is 10.2 Å². The minimum Gasteiger partial charge on any atom is -0.494 e. The monoisotopic (exact) mass is 482 g/mol. The van der Waals surface area contributed by atoms with Crippen molar-refractivity contribution >= 4 is 58.1 Å². The van der Waals surface area contributed by atoms with Crippen molar-refractivity contribution in [2.75, 3.05) is 20.2 Å². The quantitative estimate of drug-likeness (QED) is 0.586. The second-order valence-corrected chi connectivity index (χ2v) is 8.25. The number of imide groups is 1. The maximum Gasteiger partial charge on any atom is 0.293 e. The average molecular weight is 483 g/mol. The molecule has 0 saturated carbocycles. The van der Waals surface area contributed by atoms with Crippen LogP contribution >= 0.6 is 35.0 Å². The van der Waals surface area contributed by atoms with Crippen LogP contribution in [0, 0.1) is 5.82 Å². The van der Waals surface area contributed by atoms with E-state index in [1.165, 1.54) is 25.3 Å². The molecule has 0 bridgehead atoms. The molecular formula is C21H17Cl2FN2O4S. The van der Waals surface area contributed by atoms with Crippen molar-refractivity contribution in [2.24, 2.45) is 0 Å². The first-order chi connectivity index (χ1) is 14.8. The summed E-state index contributed by atoms with van der Waals surface area (Å²) in [6.07, 6.45) is 1.46. The van der Waals surface area contributed by atoms with Gasteiger partial charge in [-0.05, 0) is 47.2 Å². The molecule has 0 aliphatic carbocycles. The minimum atomic E-state index is -0.558.